The molecule has 0 aliphatic carbocycles. The van der Waals surface area contributed by atoms with Gasteiger partial charge in [0.15, 0.2) is 0 Å². The van der Waals surface area contributed by atoms with E-state index in [1.54, 1.807) is 0 Å². The second-order valence-electron chi connectivity index (χ2n) is 3.62. The molecule has 0 radical (unpaired) electrons. The quantitative estimate of drug-likeness (QED) is 0.702. The normalized spacial score (nSPS) is 11.9. The Balaban J connectivity index is 3.35. The van der Waals surface area contributed by atoms with Crippen molar-refractivity contribution in [3.63, 3.8) is 0 Å². The minimum absolute atomic E-state index is 0.113. The fourth-order valence-electron chi connectivity index (χ4n) is 0.893. The second kappa shape index (κ2) is 6.66. The van der Waals surface area contributed by atoms with Crippen molar-refractivity contribution >= 4 is 5.91 Å². The Hall–Kier alpha value is -0.780. The van der Waals surface area contributed by atoms with Gasteiger partial charge < -0.3 is 10.1 Å². The summed E-state index contributed by atoms with van der Waals surface area (Å²) in [5, 5.41) is 2.47. The molecule has 0 aromatic rings. The molecule has 0 saturated heterocycles. The number of hydrogen-bond donors (Lipinski definition) is 1. The third kappa shape index (κ3) is 11.1. The Kier molecular flexibility index (Phi) is 6.31. The molecule has 6 heteroatoms. The van der Waals surface area contributed by atoms with E-state index in [0.717, 1.165) is 0 Å². The van der Waals surface area contributed by atoms with Crippen LogP contribution in [-0.4, -0.2) is 31.8 Å². The van der Waals surface area contributed by atoms with E-state index in [0.29, 0.717) is 6.42 Å². The Bertz CT molecular complexity index is 192. The summed E-state index contributed by atoms with van der Waals surface area (Å²) in [5.74, 6) is 0.0710. The summed E-state index contributed by atoms with van der Waals surface area (Å²) < 4.78 is 39.1. The monoisotopic (exact) mass is 227 g/mol. The van der Waals surface area contributed by atoms with Crippen LogP contribution in [0.5, 0.6) is 0 Å². The van der Waals surface area contributed by atoms with Gasteiger partial charge in [-0.1, -0.05) is 13.8 Å². The van der Waals surface area contributed by atoms with Crippen LogP contribution in [0.4, 0.5) is 13.2 Å². The Labute approximate surface area is 87.0 Å². The molecule has 0 bridgehead atoms. The first kappa shape index (κ1) is 14.2. The number of carbonyl (C=O) groups excluding carboxylic acids is 1. The van der Waals surface area contributed by atoms with E-state index < -0.39 is 12.8 Å². The zero-order chi connectivity index (χ0) is 11.9. The predicted octanol–water partition coefficient (Wildman–Crippen LogP) is 1.73. The van der Waals surface area contributed by atoms with E-state index in [2.05, 4.69) is 10.1 Å². The van der Waals surface area contributed by atoms with Crippen LogP contribution in [-0.2, 0) is 9.53 Å². The van der Waals surface area contributed by atoms with Crippen LogP contribution in [0.3, 0.4) is 0 Å². The van der Waals surface area contributed by atoms with Crippen molar-refractivity contribution in [2.24, 2.45) is 5.92 Å². The minimum atomic E-state index is -4.30. The van der Waals surface area contributed by atoms with E-state index >= 15 is 0 Å². The van der Waals surface area contributed by atoms with Crippen molar-refractivity contribution in [2.45, 2.75) is 26.4 Å². The summed E-state index contributed by atoms with van der Waals surface area (Å²) in [6.45, 7) is 2.50. The van der Waals surface area contributed by atoms with E-state index in [1.807, 2.05) is 13.8 Å². The average Bonchev–Trinajstić information content (AvgIpc) is 1.99. The van der Waals surface area contributed by atoms with Crippen LogP contribution in [0.15, 0.2) is 0 Å². The van der Waals surface area contributed by atoms with Gasteiger partial charge in [-0.25, -0.2) is 0 Å². The predicted molar refractivity (Wildman–Crippen MR) is 49.3 cm³/mol. The third-order valence-electron chi connectivity index (χ3n) is 1.43. The molecule has 1 N–H and O–H groups in total. The van der Waals surface area contributed by atoms with Crippen LogP contribution in [0.25, 0.3) is 0 Å². The van der Waals surface area contributed by atoms with Crippen molar-refractivity contribution in [3.8, 4) is 0 Å². The number of halogens is 3. The van der Waals surface area contributed by atoms with Crippen LogP contribution >= 0.6 is 0 Å². The SMILES string of the molecule is CC(C)CC(=O)NCCOCC(F)(F)F. The first-order valence-electron chi connectivity index (χ1n) is 4.72. The maximum Gasteiger partial charge on any atom is 0.411 e. The lowest BCUT2D eigenvalue weighted by atomic mass is 10.1. The molecule has 0 aromatic carbocycles. The molecule has 0 atom stereocenters. The van der Waals surface area contributed by atoms with E-state index in [4.69, 9.17) is 0 Å². The van der Waals surface area contributed by atoms with Gasteiger partial charge in [0, 0.05) is 13.0 Å². The van der Waals surface area contributed by atoms with E-state index in [1.165, 1.54) is 0 Å². The number of nitrogens with one attached hydrogen (secondary N) is 1. The number of rotatable bonds is 6. The van der Waals surface area contributed by atoms with Crippen molar-refractivity contribution in [3.05, 3.63) is 0 Å². The van der Waals surface area contributed by atoms with Crippen molar-refractivity contribution in [1.29, 1.82) is 0 Å². The lowest BCUT2D eigenvalue weighted by Gasteiger charge is -2.09. The molecule has 0 rings (SSSR count). The lowest BCUT2D eigenvalue weighted by molar-refractivity contribution is -0.173. The van der Waals surface area contributed by atoms with Crippen molar-refractivity contribution < 1.29 is 22.7 Å². The molecule has 3 nitrogen and oxygen atoms in total. The Morgan fingerprint density at radius 2 is 2.00 bits per heavy atom. The summed E-state index contributed by atoms with van der Waals surface area (Å²) in [5.41, 5.74) is 0. The van der Waals surface area contributed by atoms with Crippen LogP contribution < -0.4 is 5.32 Å². The molecular weight excluding hydrogens is 211 g/mol. The van der Waals surface area contributed by atoms with Gasteiger partial charge in [0.25, 0.3) is 0 Å². The van der Waals surface area contributed by atoms with E-state index in [9.17, 15) is 18.0 Å². The fourth-order valence-corrected chi connectivity index (χ4v) is 0.893. The molecule has 0 spiro atoms. The number of amides is 1. The number of carbonyl (C=O) groups is 1. The first-order chi connectivity index (χ1) is 6.81. The zero-order valence-electron chi connectivity index (χ0n) is 8.86. The van der Waals surface area contributed by atoms with Gasteiger partial charge in [-0.05, 0) is 5.92 Å². The van der Waals surface area contributed by atoms with Crippen LogP contribution in [0.1, 0.15) is 20.3 Å². The Morgan fingerprint density at radius 3 is 2.47 bits per heavy atom. The summed E-state index contributed by atoms with van der Waals surface area (Å²) in [4.78, 5) is 11.0. The van der Waals surface area contributed by atoms with Crippen molar-refractivity contribution in [2.75, 3.05) is 19.8 Å². The topological polar surface area (TPSA) is 38.3 Å². The second-order valence-corrected chi connectivity index (χ2v) is 3.62. The highest BCUT2D eigenvalue weighted by molar-refractivity contribution is 5.75. The lowest BCUT2D eigenvalue weighted by Crippen LogP contribution is -2.29. The smallest absolute Gasteiger partial charge is 0.370 e. The molecule has 0 saturated carbocycles. The average molecular weight is 227 g/mol. The maximum atomic E-state index is 11.6. The zero-order valence-corrected chi connectivity index (χ0v) is 8.86. The third-order valence-corrected chi connectivity index (χ3v) is 1.43. The summed E-state index contributed by atoms with van der Waals surface area (Å²) in [6, 6.07) is 0. The van der Waals surface area contributed by atoms with Gasteiger partial charge in [-0.3, -0.25) is 4.79 Å². The number of hydrogen-bond acceptors (Lipinski definition) is 2. The molecular formula is C9H16F3NO2. The first-order valence-corrected chi connectivity index (χ1v) is 4.72. The Morgan fingerprint density at radius 1 is 1.40 bits per heavy atom. The minimum Gasteiger partial charge on any atom is -0.370 e. The van der Waals surface area contributed by atoms with Gasteiger partial charge in [-0.15, -0.1) is 0 Å². The maximum absolute atomic E-state index is 11.6. The van der Waals surface area contributed by atoms with Crippen molar-refractivity contribution in [1.82, 2.24) is 5.32 Å². The van der Waals surface area contributed by atoms with Crippen LogP contribution in [0.2, 0.25) is 0 Å². The van der Waals surface area contributed by atoms with Gasteiger partial charge in [-0.2, -0.15) is 13.2 Å². The molecule has 90 valence electrons. The van der Waals surface area contributed by atoms with Gasteiger partial charge >= 0.3 is 6.18 Å². The summed E-state index contributed by atoms with van der Waals surface area (Å²) in [6.07, 6.45) is -3.93. The summed E-state index contributed by atoms with van der Waals surface area (Å²) in [7, 11) is 0. The molecule has 15 heavy (non-hydrogen) atoms. The highest BCUT2D eigenvalue weighted by Gasteiger charge is 2.27. The van der Waals surface area contributed by atoms with Gasteiger partial charge in [0.05, 0.1) is 6.61 Å². The largest absolute Gasteiger partial charge is 0.411 e. The van der Waals surface area contributed by atoms with Crippen LogP contribution in [0, 0.1) is 5.92 Å². The number of alkyl halides is 3. The highest BCUT2D eigenvalue weighted by atomic mass is 19.4. The standard InChI is InChI=1S/C9H16F3NO2/c1-7(2)5-8(14)13-3-4-15-6-9(10,11)12/h7H,3-6H2,1-2H3,(H,13,14). The van der Waals surface area contributed by atoms with E-state index in [-0.39, 0.29) is 25.0 Å². The molecule has 0 heterocycles. The molecule has 0 aromatic heterocycles. The van der Waals surface area contributed by atoms with Gasteiger partial charge in [0.1, 0.15) is 6.61 Å². The molecule has 0 aliphatic rings. The fraction of sp³-hybridized carbons (Fsp3) is 0.889. The molecule has 0 fully saturated rings. The molecule has 0 aliphatic heterocycles. The summed E-state index contributed by atoms with van der Waals surface area (Å²) >= 11 is 0. The van der Waals surface area contributed by atoms with Gasteiger partial charge in [0.2, 0.25) is 5.91 Å². The number of ether oxygens (including phenoxy) is 1. The molecule has 1 amide bonds. The molecule has 0 unspecified atom stereocenters. The highest BCUT2D eigenvalue weighted by Crippen LogP contribution is 2.13.